The Bertz CT molecular complexity index is 395. The second-order valence-corrected chi connectivity index (χ2v) is 7.49. The van der Waals surface area contributed by atoms with Crippen LogP contribution in [0.5, 0.6) is 0 Å². The molecule has 0 bridgehead atoms. The van der Waals surface area contributed by atoms with Crippen LogP contribution in [-0.4, -0.2) is 31.1 Å². The SMILES string of the molecule is CCc1ccc([C@@H](C2CCCCC2)N2CCNCC2)s1.Cl.Cl. The minimum atomic E-state index is 0. The quantitative estimate of drug-likeness (QED) is 0.833. The van der Waals surface area contributed by atoms with Crippen molar-refractivity contribution in [3.8, 4) is 0 Å². The van der Waals surface area contributed by atoms with Crippen molar-refractivity contribution >= 4 is 36.2 Å². The van der Waals surface area contributed by atoms with Crippen molar-refractivity contribution in [3.63, 3.8) is 0 Å². The van der Waals surface area contributed by atoms with E-state index in [2.05, 4.69) is 40.6 Å². The number of hydrogen-bond donors (Lipinski definition) is 1. The van der Waals surface area contributed by atoms with E-state index in [-0.39, 0.29) is 24.8 Å². The third-order valence-electron chi connectivity index (χ3n) is 4.96. The molecule has 0 aromatic carbocycles. The van der Waals surface area contributed by atoms with E-state index in [1.165, 1.54) is 51.6 Å². The third-order valence-corrected chi connectivity index (χ3v) is 6.26. The first-order chi connectivity index (χ1) is 9.88. The van der Waals surface area contributed by atoms with Crippen molar-refractivity contribution < 1.29 is 0 Å². The van der Waals surface area contributed by atoms with Gasteiger partial charge in [-0.25, -0.2) is 0 Å². The molecule has 2 heterocycles. The van der Waals surface area contributed by atoms with E-state index < -0.39 is 0 Å². The average molecular weight is 365 g/mol. The Kier molecular flexibility index (Phi) is 9.34. The molecule has 1 N–H and O–H groups in total. The minimum Gasteiger partial charge on any atom is -0.314 e. The van der Waals surface area contributed by atoms with Gasteiger partial charge >= 0.3 is 0 Å². The van der Waals surface area contributed by atoms with Gasteiger partial charge in [0.25, 0.3) is 0 Å². The van der Waals surface area contributed by atoms with Gasteiger partial charge in [0.15, 0.2) is 0 Å². The lowest BCUT2D eigenvalue weighted by Gasteiger charge is -2.40. The first kappa shape index (κ1) is 20.2. The van der Waals surface area contributed by atoms with Gasteiger partial charge in [0, 0.05) is 42.0 Å². The molecule has 0 amide bonds. The van der Waals surface area contributed by atoms with Crippen molar-refractivity contribution in [2.75, 3.05) is 26.2 Å². The molecule has 128 valence electrons. The summed E-state index contributed by atoms with van der Waals surface area (Å²) < 4.78 is 0. The Hall–Kier alpha value is 0.200. The van der Waals surface area contributed by atoms with Crippen LogP contribution in [-0.2, 0) is 6.42 Å². The zero-order chi connectivity index (χ0) is 13.8. The summed E-state index contributed by atoms with van der Waals surface area (Å²) in [6.45, 7) is 7.04. The molecule has 1 aliphatic heterocycles. The predicted octanol–water partition coefficient (Wildman–Crippen LogP) is 4.68. The van der Waals surface area contributed by atoms with Crippen LogP contribution < -0.4 is 5.32 Å². The van der Waals surface area contributed by atoms with Crippen LogP contribution in [0.2, 0.25) is 0 Å². The molecule has 3 rings (SSSR count). The highest BCUT2D eigenvalue weighted by Crippen LogP contribution is 2.41. The van der Waals surface area contributed by atoms with Crippen molar-refractivity contribution in [3.05, 3.63) is 21.9 Å². The largest absolute Gasteiger partial charge is 0.314 e. The second kappa shape index (κ2) is 10.1. The van der Waals surface area contributed by atoms with E-state index in [4.69, 9.17) is 0 Å². The van der Waals surface area contributed by atoms with Gasteiger partial charge in [-0.2, -0.15) is 0 Å². The Morgan fingerprint density at radius 1 is 1.14 bits per heavy atom. The van der Waals surface area contributed by atoms with Crippen LogP contribution >= 0.6 is 36.2 Å². The fourth-order valence-corrected chi connectivity index (χ4v) is 5.05. The van der Waals surface area contributed by atoms with Crippen LogP contribution in [0, 0.1) is 5.92 Å². The molecule has 5 heteroatoms. The maximum absolute atomic E-state index is 3.50. The van der Waals surface area contributed by atoms with Crippen LogP contribution in [0.15, 0.2) is 12.1 Å². The van der Waals surface area contributed by atoms with E-state index in [0.717, 1.165) is 19.0 Å². The average Bonchev–Trinajstić information content (AvgIpc) is 2.98. The van der Waals surface area contributed by atoms with Crippen LogP contribution in [0.25, 0.3) is 0 Å². The number of thiophene rings is 1. The minimum absolute atomic E-state index is 0. The first-order valence-corrected chi connectivity index (χ1v) is 9.23. The highest BCUT2D eigenvalue weighted by Gasteiger charge is 2.31. The Balaban J connectivity index is 0.00000121. The lowest BCUT2D eigenvalue weighted by Crippen LogP contribution is -2.47. The molecular formula is C17H30Cl2N2S. The van der Waals surface area contributed by atoms with Gasteiger partial charge in [-0.15, -0.1) is 36.2 Å². The second-order valence-electron chi connectivity index (χ2n) is 6.29. The van der Waals surface area contributed by atoms with Crippen molar-refractivity contribution in [2.45, 2.75) is 51.5 Å². The summed E-state index contributed by atoms with van der Waals surface area (Å²) in [5.74, 6) is 0.894. The molecule has 0 radical (unpaired) electrons. The molecule has 1 aromatic rings. The lowest BCUT2D eigenvalue weighted by molar-refractivity contribution is 0.106. The zero-order valence-electron chi connectivity index (χ0n) is 13.6. The maximum atomic E-state index is 3.50. The predicted molar refractivity (Wildman–Crippen MR) is 102 cm³/mol. The van der Waals surface area contributed by atoms with Crippen molar-refractivity contribution in [2.24, 2.45) is 5.92 Å². The van der Waals surface area contributed by atoms with Crippen LogP contribution in [0.4, 0.5) is 0 Å². The van der Waals surface area contributed by atoms with Crippen LogP contribution in [0.1, 0.15) is 54.8 Å². The smallest absolute Gasteiger partial charge is 0.0470 e. The molecule has 1 aliphatic carbocycles. The Morgan fingerprint density at radius 2 is 1.82 bits per heavy atom. The molecule has 2 nitrogen and oxygen atoms in total. The first-order valence-electron chi connectivity index (χ1n) is 8.42. The number of rotatable bonds is 4. The number of aryl methyl sites for hydroxylation is 1. The van der Waals surface area contributed by atoms with Crippen molar-refractivity contribution in [1.29, 1.82) is 0 Å². The number of piperazine rings is 1. The molecule has 2 aliphatic rings. The summed E-state index contributed by atoms with van der Waals surface area (Å²) in [6.07, 6.45) is 8.40. The van der Waals surface area contributed by atoms with Crippen LogP contribution in [0.3, 0.4) is 0 Å². The number of nitrogens with one attached hydrogen (secondary N) is 1. The summed E-state index contributed by atoms with van der Waals surface area (Å²) in [7, 11) is 0. The van der Waals surface area contributed by atoms with Gasteiger partial charge in [-0.05, 0) is 37.3 Å². The van der Waals surface area contributed by atoms with E-state index in [9.17, 15) is 0 Å². The van der Waals surface area contributed by atoms with Crippen molar-refractivity contribution in [1.82, 2.24) is 10.2 Å². The molecule has 0 unspecified atom stereocenters. The summed E-state index contributed by atoms with van der Waals surface area (Å²) >= 11 is 2.07. The normalized spacial score (nSPS) is 21.7. The summed E-state index contributed by atoms with van der Waals surface area (Å²) in [5, 5.41) is 3.50. The number of hydrogen-bond acceptors (Lipinski definition) is 3. The number of halogens is 2. The third kappa shape index (κ3) is 4.85. The van der Waals surface area contributed by atoms with E-state index >= 15 is 0 Å². The molecule has 2 fully saturated rings. The Morgan fingerprint density at radius 3 is 2.41 bits per heavy atom. The molecular weight excluding hydrogens is 335 g/mol. The summed E-state index contributed by atoms with van der Waals surface area (Å²) in [4.78, 5) is 5.95. The molecule has 0 spiro atoms. The molecule has 1 aromatic heterocycles. The maximum Gasteiger partial charge on any atom is 0.0470 e. The van der Waals surface area contributed by atoms with Gasteiger partial charge in [0.05, 0.1) is 0 Å². The highest BCUT2D eigenvalue weighted by atomic mass is 35.5. The van der Waals surface area contributed by atoms with Gasteiger partial charge in [-0.1, -0.05) is 26.2 Å². The monoisotopic (exact) mass is 364 g/mol. The lowest BCUT2D eigenvalue weighted by atomic mass is 9.82. The summed E-state index contributed by atoms with van der Waals surface area (Å²) in [6, 6.07) is 5.48. The fraction of sp³-hybridized carbons (Fsp3) is 0.765. The molecule has 1 saturated carbocycles. The van der Waals surface area contributed by atoms with Gasteiger partial charge in [-0.3, -0.25) is 4.90 Å². The van der Waals surface area contributed by atoms with E-state index in [1.54, 1.807) is 9.75 Å². The number of nitrogens with zero attached hydrogens (tertiary/aromatic N) is 1. The zero-order valence-corrected chi connectivity index (χ0v) is 16.0. The Labute approximate surface area is 151 Å². The molecule has 22 heavy (non-hydrogen) atoms. The topological polar surface area (TPSA) is 15.3 Å². The van der Waals surface area contributed by atoms with Gasteiger partial charge in [0.2, 0.25) is 0 Å². The fourth-order valence-electron chi connectivity index (χ4n) is 3.86. The van der Waals surface area contributed by atoms with Gasteiger partial charge in [0.1, 0.15) is 0 Å². The highest BCUT2D eigenvalue weighted by molar-refractivity contribution is 7.12. The molecule has 1 atom stereocenters. The van der Waals surface area contributed by atoms with E-state index in [0.29, 0.717) is 6.04 Å². The van der Waals surface area contributed by atoms with E-state index in [1.807, 2.05) is 0 Å². The molecule has 1 saturated heterocycles. The standard InChI is InChI=1S/C17H28N2S.2ClH/c1-2-15-8-9-16(20-15)17(14-6-4-3-5-7-14)19-12-10-18-11-13-19;;/h8-9,14,17-18H,2-7,10-13H2,1H3;2*1H/t17-;;/m1../s1. The van der Waals surface area contributed by atoms with Gasteiger partial charge < -0.3 is 5.32 Å². The summed E-state index contributed by atoms with van der Waals surface area (Å²) in [5.41, 5.74) is 0.